The van der Waals surface area contributed by atoms with Gasteiger partial charge >= 0.3 is 0 Å². The highest BCUT2D eigenvalue weighted by Gasteiger charge is 2.35. The maximum absolute atomic E-state index is 13.5. The van der Waals surface area contributed by atoms with Crippen molar-refractivity contribution < 1.29 is 22.7 Å². The molecule has 1 aliphatic heterocycles. The number of likely N-dealkylation sites (N-methyl/N-ethyl adjacent to an activating group) is 2. The molecule has 0 aliphatic carbocycles. The number of piperidine rings is 1. The summed E-state index contributed by atoms with van der Waals surface area (Å²) in [7, 11) is 3.55. The van der Waals surface area contributed by atoms with Gasteiger partial charge in [0.15, 0.2) is 0 Å². The summed E-state index contributed by atoms with van der Waals surface area (Å²) < 4.78 is 39.6. The predicted molar refractivity (Wildman–Crippen MR) is 121 cm³/mol. The van der Waals surface area contributed by atoms with Crippen LogP contribution in [0, 0.1) is 13.8 Å². The summed E-state index contributed by atoms with van der Waals surface area (Å²) in [6, 6.07) is 3.22. The highest BCUT2D eigenvalue weighted by atomic mass is 32.2. The van der Waals surface area contributed by atoms with Gasteiger partial charge in [0.2, 0.25) is 15.9 Å². The summed E-state index contributed by atoms with van der Waals surface area (Å²) in [6.45, 7) is 5.60. The van der Waals surface area contributed by atoms with Gasteiger partial charge in [-0.25, -0.2) is 8.42 Å². The highest BCUT2D eigenvalue weighted by Crippen LogP contribution is 2.31. The van der Waals surface area contributed by atoms with Gasteiger partial charge < -0.3 is 19.3 Å². The van der Waals surface area contributed by atoms with Crippen LogP contribution >= 0.6 is 0 Å². The first-order chi connectivity index (χ1) is 14.6. The van der Waals surface area contributed by atoms with E-state index in [1.165, 1.54) is 0 Å². The van der Waals surface area contributed by atoms with Crippen LogP contribution in [0.15, 0.2) is 17.0 Å². The summed E-state index contributed by atoms with van der Waals surface area (Å²) >= 11 is 0. The van der Waals surface area contributed by atoms with Gasteiger partial charge in [-0.2, -0.15) is 4.31 Å². The minimum absolute atomic E-state index is 0.0467. The van der Waals surface area contributed by atoms with Gasteiger partial charge in [0, 0.05) is 32.7 Å². The van der Waals surface area contributed by atoms with Crippen LogP contribution in [-0.4, -0.2) is 95.6 Å². The Kier molecular flexibility index (Phi) is 9.29. The lowest BCUT2D eigenvalue weighted by Gasteiger charge is -2.35. The first-order valence-electron chi connectivity index (χ1n) is 10.7. The number of carbonyl (C=O) groups is 1. The fraction of sp³-hybridized carbons (Fsp3) is 0.682. The minimum Gasteiger partial charge on any atom is -0.497 e. The summed E-state index contributed by atoms with van der Waals surface area (Å²) in [5, 5.41) is 0. The Morgan fingerprint density at radius 2 is 1.77 bits per heavy atom. The molecule has 0 radical (unpaired) electrons. The molecule has 8 nitrogen and oxygen atoms in total. The fourth-order valence-corrected chi connectivity index (χ4v) is 5.97. The van der Waals surface area contributed by atoms with Crippen LogP contribution in [0.1, 0.15) is 30.4 Å². The van der Waals surface area contributed by atoms with E-state index < -0.39 is 10.0 Å². The van der Waals surface area contributed by atoms with E-state index in [2.05, 4.69) is 0 Å². The molecular weight excluding hydrogens is 418 g/mol. The SMILES string of the molecule is COc1cc(C)c(S(=O)(=O)N2CCCCC2COCC(=O)N(C)CCN(C)C)c(C)c1. The molecule has 9 heteroatoms. The first kappa shape index (κ1) is 25.6. The van der Waals surface area contributed by atoms with Crippen LogP contribution in [-0.2, 0) is 19.6 Å². The van der Waals surface area contributed by atoms with Gasteiger partial charge in [0.1, 0.15) is 12.4 Å². The van der Waals surface area contributed by atoms with E-state index in [4.69, 9.17) is 9.47 Å². The standard InChI is InChI=1S/C22H37N3O5S/c1-17-13-20(29-6)14-18(2)22(17)31(27,28)25-10-8-7-9-19(25)15-30-16-21(26)24(5)12-11-23(3)4/h13-14,19H,7-12,15-16H2,1-6H3. The molecule has 1 aromatic rings. The Morgan fingerprint density at radius 1 is 1.13 bits per heavy atom. The summed E-state index contributed by atoms with van der Waals surface area (Å²) in [6.07, 6.45) is 2.48. The minimum atomic E-state index is -3.69. The Hall–Kier alpha value is -1.68. The molecule has 1 unspecified atom stereocenters. The average molecular weight is 456 g/mol. The molecule has 1 atom stereocenters. The Bertz CT molecular complexity index is 834. The second kappa shape index (κ2) is 11.3. The normalized spacial score (nSPS) is 17.7. The van der Waals surface area contributed by atoms with Crippen molar-refractivity contribution in [1.82, 2.24) is 14.1 Å². The Labute approximate surface area is 187 Å². The molecule has 31 heavy (non-hydrogen) atoms. The third kappa shape index (κ3) is 6.65. The van der Waals surface area contributed by atoms with E-state index in [9.17, 15) is 13.2 Å². The lowest BCUT2D eigenvalue weighted by molar-refractivity contribution is -0.135. The summed E-state index contributed by atoms with van der Waals surface area (Å²) in [4.78, 5) is 16.3. The van der Waals surface area contributed by atoms with Gasteiger partial charge in [-0.05, 0) is 64.0 Å². The number of methoxy groups -OCH3 is 1. The fourth-order valence-electron chi connectivity index (χ4n) is 3.88. The zero-order chi connectivity index (χ0) is 23.2. The summed E-state index contributed by atoms with van der Waals surface area (Å²) in [5.41, 5.74) is 1.33. The van der Waals surface area contributed by atoms with Crippen molar-refractivity contribution in [3.05, 3.63) is 23.3 Å². The van der Waals surface area contributed by atoms with Gasteiger partial charge in [0.05, 0.1) is 18.6 Å². The van der Waals surface area contributed by atoms with Crippen LogP contribution < -0.4 is 4.74 Å². The number of rotatable bonds is 10. The van der Waals surface area contributed by atoms with Gasteiger partial charge in [0.25, 0.3) is 0 Å². The molecule has 1 aromatic carbocycles. The van der Waals surface area contributed by atoms with Crippen LogP contribution in [0.5, 0.6) is 5.75 Å². The number of amides is 1. The molecule has 1 heterocycles. The number of nitrogens with zero attached hydrogens (tertiary/aromatic N) is 3. The van der Waals surface area contributed by atoms with Crippen LogP contribution in [0.4, 0.5) is 0 Å². The monoisotopic (exact) mass is 455 g/mol. The van der Waals surface area contributed by atoms with E-state index in [-0.39, 0.29) is 25.2 Å². The Morgan fingerprint density at radius 3 is 2.35 bits per heavy atom. The van der Waals surface area contributed by atoms with Gasteiger partial charge in [-0.1, -0.05) is 6.42 Å². The zero-order valence-electron chi connectivity index (χ0n) is 19.7. The molecule has 0 saturated carbocycles. The third-order valence-electron chi connectivity index (χ3n) is 5.65. The smallest absolute Gasteiger partial charge is 0.248 e. The van der Waals surface area contributed by atoms with Gasteiger partial charge in [-0.15, -0.1) is 0 Å². The van der Waals surface area contributed by atoms with E-state index in [1.807, 2.05) is 19.0 Å². The summed E-state index contributed by atoms with van der Waals surface area (Å²) in [5.74, 6) is 0.540. The molecule has 0 spiro atoms. The maximum atomic E-state index is 13.5. The lowest BCUT2D eigenvalue weighted by Crippen LogP contribution is -2.46. The zero-order valence-corrected chi connectivity index (χ0v) is 20.5. The Balaban J connectivity index is 2.08. The highest BCUT2D eigenvalue weighted by molar-refractivity contribution is 7.89. The molecular formula is C22H37N3O5S. The van der Waals surface area contributed by atoms with Crippen molar-refractivity contribution in [2.75, 3.05) is 61.1 Å². The van der Waals surface area contributed by atoms with Crippen molar-refractivity contribution in [1.29, 1.82) is 0 Å². The lowest BCUT2D eigenvalue weighted by atomic mass is 10.1. The number of benzene rings is 1. The number of hydrogen-bond donors (Lipinski definition) is 0. The van der Waals surface area contributed by atoms with E-state index in [0.29, 0.717) is 34.9 Å². The largest absolute Gasteiger partial charge is 0.497 e. The second-order valence-electron chi connectivity index (χ2n) is 8.49. The predicted octanol–water partition coefficient (Wildman–Crippen LogP) is 1.89. The molecule has 176 valence electrons. The maximum Gasteiger partial charge on any atom is 0.248 e. The van der Waals surface area contributed by atoms with Crippen LogP contribution in [0.3, 0.4) is 0 Å². The molecule has 0 N–H and O–H groups in total. The van der Waals surface area contributed by atoms with Crippen molar-refractivity contribution >= 4 is 15.9 Å². The van der Waals surface area contributed by atoms with E-state index in [1.54, 1.807) is 49.3 Å². The molecule has 1 amide bonds. The number of carbonyl (C=O) groups excluding carboxylic acids is 1. The molecule has 0 bridgehead atoms. The van der Waals surface area contributed by atoms with Crippen molar-refractivity contribution in [3.8, 4) is 5.75 Å². The third-order valence-corrected chi connectivity index (χ3v) is 7.91. The van der Waals surface area contributed by atoms with Crippen molar-refractivity contribution in [2.45, 2.75) is 44.0 Å². The molecule has 2 rings (SSSR count). The number of ether oxygens (including phenoxy) is 2. The quantitative estimate of drug-likeness (QED) is 0.536. The van der Waals surface area contributed by atoms with E-state index >= 15 is 0 Å². The van der Waals surface area contributed by atoms with Crippen molar-refractivity contribution in [3.63, 3.8) is 0 Å². The molecule has 1 fully saturated rings. The second-order valence-corrected chi connectivity index (χ2v) is 10.3. The van der Waals surface area contributed by atoms with Crippen LogP contribution in [0.25, 0.3) is 0 Å². The van der Waals surface area contributed by atoms with Gasteiger partial charge in [-0.3, -0.25) is 4.79 Å². The molecule has 1 saturated heterocycles. The molecule has 1 aliphatic rings. The van der Waals surface area contributed by atoms with E-state index in [0.717, 1.165) is 25.8 Å². The van der Waals surface area contributed by atoms with Crippen LogP contribution in [0.2, 0.25) is 0 Å². The number of aryl methyl sites for hydroxylation is 2. The van der Waals surface area contributed by atoms with Crippen molar-refractivity contribution in [2.24, 2.45) is 0 Å². The average Bonchev–Trinajstić information content (AvgIpc) is 2.71. The first-order valence-corrected chi connectivity index (χ1v) is 12.2. The molecule has 0 aromatic heterocycles. The topological polar surface area (TPSA) is 79.4 Å². The number of hydrogen-bond acceptors (Lipinski definition) is 6. The number of sulfonamides is 1.